The zero-order chi connectivity index (χ0) is 23.5. The van der Waals surface area contributed by atoms with E-state index >= 15 is 0 Å². The number of rotatable bonds is 0. The summed E-state index contributed by atoms with van der Waals surface area (Å²) in [7, 11) is 1.62. The van der Waals surface area contributed by atoms with Gasteiger partial charge in [0.25, 0.3) is 11.5 Å². The SMILES string of the molecule is CN1C(=O)C=CCCOc2cc(F)ccc2CNC(=O)c2nc3n(c(=O)c2O)CCCCC31. The minimum atomic E-state index is -0.757. The Balaban J connectivity index is 1.80. The molecule has 1 aromatic heterocycles. The number of hydrogen-bond donors (Lipinski definition) is 2. The number of halogens is 1. The van der Waals surface area contributed by atoms with Crippen LogP contribution in [0.5, 0.6) is 11.5 Å². The van der Waals surface area contributed by atoms with E-state index in [0.717, 1.165) is 6.42 Å². The average molecular weight is 456 g/mol. The molecule has 2 amide bonds. The molecule has 0 aliphatic carbocycles. The Kier molecular flexibility index (Phi) is 6.43. The van der Waals surface area contributed by atoms with Crippen LogP contribution in [0.4, 0.5) is 4.39 Å². The van der Waals surface area contributed by atoms with Gasteiger partial charge in [-0.3, -0.25) is 19.0 Å². The molecular formula is C23H25FN4O5. The van der Waals surface area contributed by atoms with E-state index in [1.54, 1.807) is 13.1 Å². The van der Waals surface area contributed by atoms with E-state index in [-0.39, 0.29) is 30.6 Å². The molecule has 0 saturated heterocycles. The van der Waals surface area contributed by atoms with Crippen LogP contribution >= 0.6 is 0 Å². The third-order valence-electron chi connectivity index (χ3n) is 5.88. The fraction of sp³-hybridized carbons (Fsp3) is 0.391. The van der Waals surface area contributed by atoms with Gasteiger partial charge in [0.2, 0.25) is 11.7 Å². The molecule has 2 aliphatic heterocycles. The minimum Gasteiger partial charge on any atom is -0.501 e. The molecule has 0 radical (unpaired) electrons. The Morgan fingerprint density at radius 1 is 1.24 bits per heavy atom. The Hall–Kier alpha value is -3.69. The van der Waals surface area contributed by atoms with Crippen LogP contribution in [0.3, 0.4) is 0 Å². The number of nitrogens with zero attached hydrogens (tertiary/aromatic N) is 3. The average Bonchev–Trinajstić information content (AvgIpc) is 3.01. The Labute approximate surface area is 189 Å². The van der Waals surface area contributed by atoms with Gasteiger partial charge in [0.1, 0.15) is 17.4 Å². The summed E-state index contributed by atoms with van der Waals surface area (Å²) in [5, 5.41) is 13.1. The molecule has 0 spiro atoms. The van der Waals surface area contributed by atoms with Crippen LogP contribution in [0, 0.1) is 5.82 Å². The Morgan fingerprint density at radius 2 is 2.06 bits per heavy atom. The van der Waals surface area contributed by atoms with Crippen LogP contribution in [-0.2, 0) is 17.9 Å². The topological polar surface area (TPSA) is 114 Å². The van der Waals surface area contributed by atoms with Crippen molar-refractivity contribution < 1.29 is 23.8 Å². The van der Waals surface area contributed by atoms with Gasteiger partial charge in [0, 0.05) is 31.8 Å². The summed E-state index contributed by atoms with van der Waals surface area (Å²) in [4.78, 5) is 44.4. The van der Waals surface area contributed by atoms with Crippen LogP contribution in [0.15, 0.2) is 35.1 Å². The second-order valence-corrected chi connectivity index (χ2v) is 8.06. The molecule has 2 N–H and O–H groups in total. The van der Waals surface area contributed by atoms with Crippen molar-refractivity contribution in [3.8, 4) is 11.5 Å². The number of nitrogens with one attached hydrogen (secondary N) is 1. The van der Waals surface area contributed by atoms with Gasteiger partial charge < -0.3 is 20.1 Å². The van der Waals surface area contributed by atoms with E-state index in [9.17, 15) is 23.9 Å². The number of amides is 2. The molecule has 2 bridgehead atoms. The van der Waals surface area contributed by atoms with Crippen molar-refractivity contribution in [1.82, 2.24) is 19.8 Å². The number of fused-ring (bicyclic) bond motifs is 2. The lowest BCUT2D eigenvalue weighted by Gasteiger charge is -2.27. The number of aromatic nitrogens is 2. The molecule has 2 aliphatic rings. The van der Waals surface area contributed by atoms with Gasteiger partial charge >= 0.3 is 0 Å². The lowest BCUT2D eigenvalue weighted by Crippen LogP contribution is -2.36. The van der Waals surface area contributed by atoms with E-state index in [1.165, 1.54) is 33.7 Å². The van der Waals surface area contributed by atoms with Crippen molar-refractivity contribution >= 4 is 11.8 Å². The number of hydrogen-bond acceptors (Lipinski definition) is 6. The first kappa shape index (κ1) is 22.5. The number of carbonyl (C=O) groups excluding carboxylic acids is 2. The lowest BCUT2D eigenvalue weighted by atomic mass is 10.1. The molecule has 0 saturated carbocycles. The molecule has 2 aromatic rings. The number of likely N-dealkylation sites (N-methyl/N-ethyl adjacent to an activating group) is 1. The van der Waals surface area contributed by atoms with Gasteiger partial charge in [-0.15, -0.1) is 0 Å². The number of aromatic hydroxyl groups is 1. The van der Waals surface area contributed by atoms with E-state index in [4.69, 9.17) is 4.74 Å². The molecule has 174 valence electrons. The van der Waals surface area contributed by atoms with Gasteiger partial charge in [-0.2, -0.15) is 0 Å². The van der Waals surface area contributed by atoms with Crippen molar-refractivity contribution in [1.29, 1.82) is 0 Å². The molecular weight excluding hydrogens is 431 g/mol. The number of carbonyl (C=O) groups is 2. The van der Waals surface area contributed by atoms with Gasteiger partial charge in [-0.05, 0) is 37.8 Å². The zero-order valence-corrected chi connectivity index (χ0v) is 18.2. The monoisotopic (exact) mass is 456 g/mol. The summed E-state index contributed by atoms with van der Waals surface area (Å²) in [6.07, 6.45) is 5.50. The first-order valence-corrected chi connectivity index (χ1v) is 10.8. The van der Waals surface area contributed by atoms with Gasteiger partial charge in [-0.25, -0.2) is 9.37 Å². The van der Waals surface area contributed by atoms with E-state index in [1.807, 2.05) is 0 Å². The van der Waals surface area contributed by atoms with Crippen molar-refractivity contribution in [2.24, 2.45) is 0 Å². The summed E-state index contributed by atoms with van der Waals surface area (Å²) >= 11 is 0. The first-order chi connectivity index (χ1) is 15.9. The van der Waals surface area contributed by atoms with E-state index in [2.05, 4.69) is 10.3 Å². The van der Waals surface area contributed by atoms with Crippen LogP contribution in [0.25, 0.3) is 0 Å². The zero-order valence-electron chi connectivity index (χ0n) is 18.2. The van der Waals surface area contributed by atoms with E-state index < -0.39 is 34.8 Å². The van der Waals surface area contributed by atoms with Gasteiger partial charge in [0.05, 0.1) is 12.6 Å². The second-order valence-electron chi connectivity index (χ2n) is 8.06. The van der Waals surface area contributed by atoms with Gasteiger partial charge in [-0.1, -0.05) is 12.1 Å². The van der Waals surface area contributed by atoms with Crippen LogP contribution < -0.4 is 15.6 Å². The highest BCUT2D eigenvalue weighted by molar-refractivity contribution is 5.94. The summed E-state index contributed by atoms with van der Waals surface area (Å²) in [6, 6.07) is 3.41. The van der Waals surface area contributed by atoms with Gasteiger partial charge in [0.15, 0.2) is 5.69 Å². The van der Waals surface area contributed by atoms with Crippen molar-refractivity contribution in [2.75, 3.05) is 13.7 Å². The molecule has 1 unspecified atom stereocenters. The normalized spacial score (nSPS) is 19.3. The van der Waals surface area contributed by atoms with Crippen molar-refractivity contribution in [3.63, 3.8) is 0 Å². The van der Waals surface area contributed by atoms with Crippen LogP contribution in [-0.4, -0.2) is 45.0 Å². The molecule has 1 atom stereocenters. The summed E-state index contributed by atoms with van der Waals surface area (Å²) < 4.78 is 20.7. The minimum absolute atomic E-state index is 0.0222. The molecule has 9 nitrogen and oxygen atoms in total. The lowest BCUT2D eigenvalue weighted by molar-refractivity contribution is -0.127. The molecule has 3 heterocycles. The van der Waals surface area contributed by atoms with Crippen LogP contribution in [0.1, 0.15) is 53.6 Å². The smallest absolute Gasteiger partial charge is 0.296 e. The highest BCUT2D eigenvalue weighted by Gasteiger charge is 2.31. The standard InChI is InChI=1S/C23H25FN4O5/c1-27-16-6-2-4-10-28-21(16)26-19(20(30)23(28)32)22(31)25-13-14-8-9-15(24)12-17(14)33-11-5-3-7-18(27)29/h3,7-9,12,16,30H,2,4-6,10-11,13H2,1H3,(H,25,31). The third kappa shape index (κ3) is 4.59. The number of ether oxygens (including phenoxy) is 1. The largest absolute Gasteiger partial charge is 0.501 e. The molecule has 10 heteroatoms. The quantitative estimate of drug-likeness (QED) is 0.627. The maximum absolute atomic E-state index is 13.7. The fourth-order valence-corrected chi connectivity index (χ4v) is 4.05. The second kappa shape index (κ2) is 9.43. The molecule has 0 fully saturated rings. The Morgan fingerprint density at radius 3 is 2.88 bits per heavy atom. The molecule has 1 aromatic carbocycles. The Bertz CT molecular complexity index is 1180. The maximum Gasteiger partial charge on any atom is 0.296 e. The van der Waals surface area contributed by atoms with Crippen molar-refractivity contribution in [2.45, 2.75) is 44.8 Å². The predicted octanol–water partition coefficient (Wildman–Crippen LogP) is 2.04. The first-order valence-electron chi connectivity index (χ1n) is 10.8. The maximum atomic E-state index is 13.7. The fourth-order valence-electron chi connectivity index (χ4n) is 4.05. The third-order valence-corrected chi connectivity index (χ3v) is 5.88. The number of benzene rings is 1. The van der Waals surface area contributed by atoms with E-state index in [0.29, 0.717) is 31.4 Å². The summed E-state index contributed by atoms with van der Waals surface area (Å²) in [6.45, 7) is 0.523. The van der Waals surface area contributed by atoms with Crippen molar-refractivity contribution in [3.05, 3.63) is 63.6 Å². The predicted molar refractivity (Wildman–Crippen MR) is 116 cm³/mol. The summed E-state index contributed by atoms with van der Waals surface area (Å²) in [5.41, 5.74) is -0.618. The highest BCUT2D eigenvalue weighted by atomic mass is 19.1. The highest BCUT2D eigenvalue weighted by Crippen LogP contribution is 2.29. The van der Waals surface area contributed by atoms with Crippen LogP contribution in [0.2, 0.25) is 0 Å². The summed E-state index contributed by atoms with van der Waals surface area (Å²) in [5.74, 6) is -1.78. The molecule has 33 heavy (non-hydrogen) atoms. The molecule has 4 rings (SSSR count).